The number of rotatable bonds is 2. The van der Waals surface area contributed by atoms with E-state index in [4.69, 9.17) is 0 Å². The first-order chi connectivity index (χ1) is 9.74. The summed E-state index contributed by atoms with van der Waals surface area (Å²) >= 11 is 1.02. The number of thiophene rings is 1. The minimum atomic E-state index is -4.99. The van der Waals surface area contributed by atoms with E-state index in [0.717, 1.165) is 29.7 Å². The predicted molar refractivity (Wildman–Crippen MR) is 71.5 cm³/mol. The van der Waals surface area contributed by atoms with E-state index in [1.807, 2.05) is 6.92 Å². The van der Waals surface area contributed by atoms with Crippen molar-refractivity contribution in [2.24, 2.45) is 5.92 Å². The number of anilines is 1. The fraction of sp³-hybridized carbons (Fsp3) is 0.538. The summed E-state index contributed by atoms with van der Waals surface area (Å²) in [6.45, 7) is 2.04. The van der Waals surface area contributed by atoms with Gasteiger partial charge in [-0.15, -0.1) is 11.3 Å². The summed E-state index contributed by atoms with van der Waals surface area (Å²) in [4.78, 5) is 23.8. The molecule has 1 aliphatic carbocycles. The largest absolute Gasteiger partial charge is 0.471 e. The lowest BCUT2D eigenvalue weighted by Crippen LogP contribution is -2.30. The Morgan fingerprint density at radius 3 is 2.62 bits per heavy atom. The molecule has 1 heterocycles. The lowest BCUT2D eigenvalue weighted by atomic mass is 9.88. The van der Waals surface area contributed by atoms with Crippen LogP contribution in [0.4, 0.5) is 18.2 Å². The summed E-state index contributed by atoms with van der Waals surface area (Å²) in [7, 11) is 1.16. The van der Waals surface area contributed by atoms with Gasteiger partial charge >= 0.3 is 18.1 Å². The van der Waals surface area contributed by atoms with Crippen molar-refractivity contribution in [3.05, 3.63) is 16.0 Å². The molecule has 1 N–H and O–H groups in total. The van der Waals surface area contributed by atoms with Crippen LogP contribution in [0.15, 0.2) is 0 Å². The van der Waals surface area contributed by atoms with Gasteiger partial charge in [-0.3, -0.25) is 4.79 Å². The van der Waals surface area contributed by atoms with Crippen molar-refractivity contribution < 1.29 is 27.5 Å². The highest BCUT2D eigenvalue weighted by molar-refractivity contribution is 7.17. The van der Waals surface area contributed by atoms with Gasteiger partial charge < -0.3 is 10.1 Å². The van der Waals surface area contributed by atoms with Gasteiger partial charge in [0.25, 0.3) is 0 Å². The molecule has 1 aromatic rings. The van der Waals surface area contributed by atoms with Gasteiger partial charge in [0.15, 0.2) is 0 Å². The number of esters is 1. The smallest absolute Gasteiger partial charge is 0.465 e. The van der Waals surface area contributed by atoms with Crippen LogP contribution in [0.3, 0.4) is 0 Å². The molecule has 8 heteroatoms. The molecule has 4 nitrogen and oxygen atoms in total. The highest BCUT2D eigenvalue weighted by Gasteiger charge is 2.40. The molecule has 0 fully saturated rings. The quantitative estimate of drug-likeness (QED) is 0.851. The van der Waals surface area contributed by atoms with E-state index >= 15 is 0 Å². The van der Waals surface area contributed by atoms with Crippen LogP contribution < -0.4 is 5.32 Å². The number of fused-ring (bicyclic) bond motifs is 1. The van der Waals surface area contributed by atoms with E-state index in [2.05, 4.69) is 4.74 Å². The van der Waals surface area contributed by atoms with Crippen molar-refractivity contribution in [2.75, 3.05) is 12.4 Å². The van der Waals surface area contributed by atoms with Crippen LogP contribution in [0.1, 0.15) is 34.1 Å². The maximum absolute atomic E-state index is 12.4. The fourth-order valence-electron chi connectivity index (χ4n) is 2.33. The predicted octanol–water partition coefficient (Wildman–Crippen LogP) is 3.16. The minimum absolute atomic E-state index is 0.0574. The van der Waals surface area contributed by atoms with Crippen LogP contribution in [0.2, 0.25) is 0 Å². The summed E-state index contributed by atoms with van der Waals surface area (Å²) in [6, 6.07) is 0. The molecule has 116 valence electrons. The Kier molecular flexibility index (Phi) is 4.27. The number of ether oxygens (including phenoxy) is 1. The summed E-state index contributed by atoms with van der Waals surface area (Å²) in [5, 5.41) is 1.71. The van der Waals surface area contributed by atoms with Gasteiger partial charge in [-0.05, 0) is 30.7 Å². The summed E-state index contributed by atoms with van der Waals surface area (Å²) < 4.78 is 41.7. The van der Waals surface area contributed by atoms with Gasteiger partial charge in [0, 0.05) is 4.88 Å². The first kappa shape index (κ1) is 15.8. The Balaban J connectivity index is 2.41. The Hall–Kier alpha value is -1.57. The second-order valence-electron chi connectivity index (χ2n) is 5.00. The molecule has 2 rings (SSSR count). The number of methoxy groups -OCH3 is 1. The molecule has 0 aromatic carbocycles. The highest BCUT2D eigenvalue weighted by Crippen LogP contribution is 2.40. The van der Waals surface area contributed by atoms with Crippen LogP contribution >= 0.6 is 11.3 Å². The molecule has 0 radical (unpaired) electrons. The SMILES string of the molecule is COC(=O)c1c(NC(=O)C(F)(F)F)sc2c1CC[C@@H](C)C2. The van der Waals surface area contributed by atoms with Crippen molar-refractivity contribution in [2.45, 2.75) is 32.4 Å². The molecule has 0 bridgehead atoms. The topological polar surface area (TPSA) is 55.4 Å². The standard InChI is InChI=1S/C13H14F3NO3S/c1-6-3-4-7-8(5-6)21-10(9(7)11(18)20-2)17-12(19)13(14,15)16/h6H,3-5H2,1-2H3,(H,17,19)/t6-/m1/s1. The van der Waals surface area contributed by atoms with Gasteiger partial charge in [0.1, 0.15) is 5.00 Å². The molecule has 1 amide bonds. The van der Waals surface area contributed by atoms with Gasteiger partial charge in [0.2, 0.25) is 0 Å². The van der Waals surface area contributed by atoms with E-state index in [9.17, 15) is 22.8 Å². The zero-order chi connectivity index (χ0) is 15.8. The lowest BCUT2D eigenvalue weighted by Gasteiger charge is -2.18. The number of hydrogen-bond donors (Lipinski definition) is 1. The molecule has 0 saturated carbocycles. The van der Waals surface area contributed by atoms with Gasteiger partial charge in [-0.25, -0.2) is 4.79 Å². The van der Waals surface area contributed by atoms with Crippen LogP contribution in [-0.4, -0.2) is 25.2 Å². The second-order valence-corrected chi connectivity index (χ2v) is 6.10. The lowest BCUT2D eigenvalue weighted by molar-refractivity contribution is -0.167. The monoisotopic (exact) mass is 321 g/mol. The van der Waals surface area contributed by atoms with Crippen molar-refractivity contribution in [3.63, 3.8) is 0 Å². The zero-order valence-corrected chi connectivity index (χ0v) is 12.3. The molecule has 0 saturated heterocycles. The van der Waals surface area contributed by atoms with Crippen LogP contribution in [0.25, 0.3) is 0 Å². The third-order valence-corrected chi connectivity index (χ3v) is 4.56. The first-order valence-electron chi connectivity index (χ1n) is 6.35. The van der Waals surface area contributed by atoms with E-state index in [0.29, 0.717) is 24.3 Å². The van der Waals surface area contributed by atoms with E-state index < -0.39 is 18.1 Å². The molecule has 0 aliphatic heterocycles. The second kappa shape index (κ2) is 5.67. The molecule has 0 unspecified atom stereocenters. The van der Waals surface area contributed by atoms with Crippen molar-refractivity contribution in [1.82, 2.24) is 0 Å². The van der Waals surface area contributed by atoms with Gasteiger partial charge in [-0.2, -0.15) is 13.2 Å². The van der Waals surface area contributed by atoms with Gasteiger partial charge in [0.05, 0.1) is 12.7 Å². The third kappa shape index (κ3) is 3.20. The maximum Gasteiger partial charge on any atom is 0.471 e. The highest BCUT2D eigenvalue weighted by atomic mass is 32.1. The fourth-order valence-corrected chi connectivity index (χ4v) is 3.72. The third-order valence-electron chi connectivity index (χ3n) is 3.39. The minimum Gasteiger partial charge on any atom is -0.465 e. The van der Waals surface area contributed by atoms with Crippen LogP contribution in [-0.2, 0) is 22.4 Å². The van der Waals surface area contributed by atoms with E-state index in [1.165, 1.54) is 0 Å². The number of halogens is 3. The first-order valence-corrected chi connectivity index (χ1v) is 7.16. The number of carbonyl (C=O) groups is 2. The Morgan fingerprint density at radius 1 is 1.38 bits per heavy atom. The number of nitrogens with one attached hydrogen (secondary N) is 1. The summed E-state index contributed by atoms with van der Waals surface area (Å²) in [5.74, 6) is -2.41. The molecule has 1 aliphatic rings. The van der Waals surface area contributed by atoms with Crippen molar-refractivity contribution in [3.8, 4) is 0 Å². The maximum atomic E-state index is 12.4. The zero-order valence-electron chi connectivity index (χ0n) is 11.5. The number of carbonyl (C=O) groups excluding carboxylic acids is 2. The summed E-state index contributed by atoms with van der Waals surface area (Å²) in [6.07, 6.45) is -2.86. The van der Waals surface area contributed by atoms with Crippen molar-refractivity contribution >= 4 is 28.2 Å². The van der Waals surface area contributed by atoms with Gasteiger partial charge in [-0.1, -0.05) is 6.92 Å². The molecular formula is C13H14F3NO3S. The van der Waals surface area contributed by atoms with E-state index in [-0.39, 0.29) is 10.6 Å². The number of alkyl halides is 3. The molecule has 0 spiro atoms. The summed E-state index contributed by atoms with van der Waals surface area (Å²) in [5.41, 5.74) is 0.754. The number of amides is 1. The Bertz CT molecular complexity index is 580. The Labute approximate surface area is 123 Å². The molecular weight excluding hydrogens is 307 g/mol. The molecule has 1 atom stereocenters. The normalized spacial score (nSPS) is 18.0. The van der Waals surface area contributed by atoms with E-state index in [1.54, 1.807) is 5.32 Å². The van der Waals surface area contributed by atoms with Crippen molar-refractivity contribution in [1.29, 1.82) is 0 Å². The number of hydrogen-bond acceptors (Lipinski definition) is 4. The average Bonchev–Trinajstić information content (AvgIpc) is 2.73. The Morgan fingerprint density at radius 2 is 2.05 bits per heavy atom. The average molecular weight is 321 g/mol. The van der Waals surface area contributed by atoms with Crippen LogP contribution in [0.5, 0.6) is 0 Å². The van der Waals surface area contributed by atoms with Crippen LogP contribution in [0, 0.1) is 5.92 Å². The molecule has 21 heavy (non-hydrogen) atoms. The molecule has 1 aromatic heterocycles.